The second-order valence-corrected chi connectivity index (χ2v) is 8.45. The number of carbonyl (C=O) groups is 4. The molecule has 2 unspecified atom stereocenters. The number of carbonyl (C=O) groups excluding carboxylic acids is 3. The predicted octanol–water partition coefficient (Wildman–Crippen LogP) is 3.21. The molecule has 0 aliphatic rings. The van der Waals surface area contributed by atoms with E-state index in [1.807, 2.05) is 43.5 Å². The molecule has 0 spiro atoms. The number of hydrogen-bond donors (Lipinski definition) is 3. The van der Waals surface area contributed by atoms with E-state index in [2.05, 4.69) is 10.6 Å². The number of nitrogens with one attached hydrogen (secondary N) is 2. The Hall–Kier alpha value is -3.00. The van der Waals surface area contributed by atoms with Gasteiger partial charge in [-0.3, -0.25) is 14.4 Å². The van der Waals surface area contributed by atoms with Crippen molar-refractivity contribution in [2.45, 2.75) is 51.5 Å². The molecule has 2 aromatic rings. The molecule has 7 nitrogen and oxygen atoms in total. The van der Waals surface area contributed by atoms with Crippen LogP contribution in [0.15, 0.2) is 35.7 Å². The minimum Gasteiger partial charge on any atom is -0.481 e. The lowest BCUT2D eigenvalue weighted by Gasteiger charge is -2.18. The van der Waals surface area contributed by atoms with Crippen LogP contribution in [0.3, 0.4) is 0 Å². The van der Waals surface area contributed by atoms with Crippen molar-refractivity contribution in [1.82, 2.24) is 10.6 Å². The first kappa shape index (κ1) is 24.3. The zero-order valence-corrected chi connectivity index (χ0v) is 18.5. The Morgan fingerprint density at radius 1 is 1.13 bits per heavy atom. The Morgan fingerprint density at radius 2 is 1.90 bits per heavy atom. The van der Waals surface area contributed by atoms with Crippen molar-refractivity contribution in [1.29, 1.82) is 0 Å². The molecule has 2 amide bonds. The van der Waals surface area contributed by atoms with Gasteiger partial charge in [0.25, 0.3) is 5.91 Å². The highest BCUT2D eigenvalue weighted by Crippen LogP contribution is 2.26. The van der Waals surface area contributed by atoms with E-state index in [-0.39, 0.29) is 11.8 Å². The van der Waals surface area contributed by atoms with Gasteiger partial charge in [-0.05, 0) is 61.4 Å². The molecule has 2 rings (SSSR count). The van der Waals surface area contributed by atoms with Gasteiger partial charge >= 0.3 is 5.97 Å². The smallest absolute Gasteiger partial charge is 0.305 e. The summed E-state index contributed by atoms with van der Waals surface area (Å²) in [5, 5.41) is 16.2. The maximum atomic E-state index is 12.7. The lowest BCUT2D eigenvalue weighted by Crippen LogP contribution is -2.40. The number of hydrogen-bond acceptors (Lipinski definition) is 5. The molecular weight excluding hydrogens is 416 g/mol. The number of thiophene rings is 1. The van der Waals surface area contributed by atoms with Gasteiger partial charge in [0, 0.05) is 17.0 Å². The minimum absolute atomic E-state index is 0.127. The highest BCUT2D eigenvalue weighted by atomic mass is 32.1. The first-order valence-corrected chi connectivity index (χ1v) is 11.1. The van der Waals surface area contributed by atoms with E-state index in [0.717, 1.165) is 16.0 Å². The highest BCUT2D eigenvalue weighted by molar-refractivity contribution is 7.10. The van der Waals surface area contributed by atoms with Gasteiger partial charge in [-0.25, -0.2) is 0 Å². The molecular formula is C23H28N2O5S. The largest absolute Gasteiger partial charge is 0.481 e. The molecule has 166 valence electrons. The summed E-state index contributed by atoms with van der Waals surface area (Å²) in [6, 6.07) is 8.23. The van der Waals surface area contributed by atoms with Crippen molar-refractivity contribution < 1.29 is 24.3 Å². The number of amides is 2. The van der Waals surface area contributed by atoms with Crippen molar-refractivity contribution in [3.63, 3.8) is 0 Å². The lowest BCUT2D eigenvalue weighted by molar-refractivity contribution is -0.138. The van der Waals surface area contributed by atoms with Gasteiger partial charge in [-0.1, -0.05) is 18.6 Å². The van der Waals surface area contributed by atoms with Gasteiger partial charge in [-0.2, -0.15) is 0 Å². The fraction of sp³-hybridized carbons (Fsp3) is 0.391. The molecule has 1 heterocycles. The zero-order valence-electron chi connectivity index (χ0n) is 17.7. The Balaban J connectivity index is 1.86. The molecule has 0 bridgehead atoms. The number of aryl methyl sites for hydroxylation is 2. The van der Waals surface area contributed by atoms with E-state index in [4.69, 9.17) is 5.11 Å². The topological polar surface area (TPSA) is 113 Å². The molecule has 1 aromatic heterocycles. The van der Waals surface area contributed by atoms with Gasteiger partial charge < -0.3 is 20.5 Å². The molecule has 3 N–H and O–H groups in total. The fourth-order valence-corrected chi connectivity index (χ4v) is 4.02. The van der Waals surface area contributed by atoms with Crippen LogP contribution in [-0.4, -0.2) is 41.8 Å². The fourth-order valence-electron chi connectivity index (χ4n) is 3.16. The van der Waals surface area contributed by atoms with Crippen LogP contribution in [0, 0.1) is 13.8 Å². The molecule has 2 atom stereocenters. The van der Waals surface area contributed by atoms with Crippen LogP contribution < -0.4 is 10.6 Å². The Labute approximate surface area is 185 Å². The van der Waals surface area contributed by atoms with Crippen LogP contribution in [0.5, 0.6) is 0 Å². The second-order valence-electron chi connectivity index (χ2n) is 7.47. The van der Waals surface area contributed by atoms with Gasteiger partial charge in [0.2, 0.25) is 5.91 Å². The van der Waals surface area contributed by atoms with Crippen LogP contribution >= 0.6 is 11.3 Å². The maximum absolute atomic E-state index is 12.7. The van der Waals surface area contributed by atoms with Gasteiger partial charge in [0.05, 0.1) is 18.4 Å². The van der Waals surface area contributed by atoms with E-state index < -0.39 is 24.3 Å². The zero-order chi connectivity index (χ0) is 22.8. The number of carboxylic acid groups (broad SMARTS) is 1. The van der Waals surface area contributed by atoms with Gasteiger partial charge in [0.1, 0.15) is 6.29 Å². The van der Waals surface area contributed by atoms with E-state index in [0.29, 0.717) is 37.7 Å². The van der Waals surface area contributed by atoms with Gasteiger partial charge in [0.15, 0.2) is 0 Å². The number of carboxylic acids is 1. The molecule has 0 saturated carbocycles. The van der Waals surface area contributed by atoms with Crippen molar-refractivity contribution in [2.24, 2.45) is 0 Å². The summed E-state index contributed by atoms with van der Waals surface area (Å²) in [4.78, 5) is 47.8. The third kappa shape index (κ3) is 7.64. The normalized spacial score (nSPS) is 12.6. The number of unbranched alkanes of at least 4 members (excludes halogenated alkanes) is 1. The summed E-state index contributed by atoms with van der Waals surface area (Å²) in [6.45, 7) is 4.45. The Bertz CT molecular complexity index is 911. The minimum atomic E-state index is -1.15. The van der Waals surface area contributed by atoms with Crippen molar-refractivity contribution in [3.05, 3.63) is 57.3 Å². The molecule has 0 aliphatic heterocycles. The number of benzene rings is 1. The van der Waals surface area contributed by atoms with Crippen LogP contribution in [0.2, 0.25) is 0 Å². The lowest BCUT2D eigenvalue weighted by atomic mass is 9.98. The third-order valence-electron chi connectivity index (χ3n) is 5.06. The Morgan fingerprint density at radius 3 is 2.52 bits per heavy atom. The third-order valence-corrected chi connectivity index (χ3v) is 6.05. The van der Waals surface area contributed by atoms with Gasteiger partial charge in [-0.15, -0.1) is 11.3 Å². The SMILES string of the molecule is Cc1ccc(C(=O)NCCCCC(C(=O)NC(C=O)CC(=O)O)c2cccs2)cc1C. The van der Waals surface area contributed by atoms with Crippen LogP contribution in [0.4, 0.5) is 0 Å². The average Bonchev–Trinajstić information content (AvgIpc) is 3.25. The first-order chi connectivity index (χ1) is 14.8. The quantitative estimate of drug-likeness (QED) is 0.344. The second kappa shape index (κ2) is 12.0. The molecule has 0 fully saturated rings. The maximum Gasteiger partial charge on any atom is 0.305 e. The van der Waals surface area contributed by atoms with Crippen molar-refractivity contribution in [3.8, 4) is 0 Å². The highest BCUT2D eigenvalue weighted by Gasteiger charge is 2.24. The van der Waals surface area contributed by atoms with Crippen LogP contribution in [0.1, 0.15) is 58.0 Å². The van der Waals surface area contributed by atoms with E-state index in [1.165, 1.54) is 11.3 Å². The monoisotopic (exact) mass is 444 g/mol. The summed E-state index contributed by atoms with van der Waals surface area (Å²) >= 11 is 1.44. The summed E-state index contributed by atoms with van der Waals surface area (Å²) in [5.41, 5.74) is 2.82. The molecule has 0 radical (unpaired) electrons. The Kier molecular flexibility index (Phi) is 9.40. The van der Waals surface area contributed by atoms with Crippen LogP contribution in [-0.2, 0) is 14.4 Å². The first-order valence-electron chi connectivity index (χ1n) is 10.2. The summed E-state index contributed by atoms with van der Waals surface area (Å²) < 4.78 is 0. The van der Waals surface area contributed by atoms with Crippen molar-refractivity contribution >= 4 is 35.4 Å². The number of rotatable bonds is 12. The van der Waals surface area contributed by atoms with E-state index >= 15 is 0 Å². The van der Waals surface area contributed by atoms with Crippen molar-refractivity contribution in [2.75, 3.05) is 6.54 Å². The molecule has 1 aromatic carbocycles. The summed E-state index contributed by atoms with van der Waals surface area (Å²) in [6.07, 6.45) is 1.91. The molecule has 31 heavy (non-hydrogen) atoms. The van der Waals surface area contributed by atoms with E-state index in [9.17, 15) is 19.2 Å². The number of aldehydes is 1. The summed E-state index contributed by atoms with van der Waals surface area (Å²) in [5.74, 6) is -2.10. The van der Waals surface area contributed by atoms with E-state index in [1.54, 1.807) is 6.07 Å². The number of aliphatic carboxylic acids is 1. The molecule has 0 aliphatic carbocycles. The van der Waals surface area contributed by atoms with Crippen LogP contribution in [0.25, 0.3) is 0 Å². The predicted molar refractivity (Wildman–Crippen MR) is 119 cm³/mol. The summed E-state index contributed by atoms with van der Waals surface area (Å²) in [7, 11) is 0. The molecule has 8 heteroatoms. The average molecular weight is 445 g/mol. The molecule has 0 saturated heterocycles. The standard InChI is InChI=1S/C23H28N2O5S/c1-15-8-9-17(12-16(15)2)22(29)24-10-4-3-6-19(20-7-5-11-31-20)23(30)25-18(14-26)13-21(27)28/h5,7-9,11-12,14,18-19H,3-4,6,10,13H2,1-2H3,(H,24,29)(H,25,30)(H,27,28).